The van der Waals surface area contributed by atoms with E-state index in [0.29, 0.717) is 11.4 Å². The number of nitrogens with zero attached hydrogens (tertiary/aromatic N) is 4. The molecule has 1 heterocycles. The lowest BCUT2D eigenvalue weighted by Gasteiger charge is -2.12. The summed E-state index contributed by atoms with van der Waals surface area (Å²) in [7, 11) is -2.24. The topological polar surface area (TPSA) is 113 Å². The van der Waals surface area contributed by atoms with Crippen LogP contribution in [0, 0.1) is 13.8 Å². The number of nitrogens with two attached hydrogens (primary N) is 1. The summed E-state index contributed by atoms with van der Waals surface area (Å²) < 4.78 is 28.8. The first kappa shape index (κ1) is 14.4. The number of aromatic nitrogens is 4. The molecule has 9 heteroatoms. The van der Waals surface area contributed by atoms with Gasteiger partial charge in [-0.2, -0.15) is 4.80 Å². The molecule has 1 aromatic carbocycles. The highest BCUT2D eigenvalue weighted by Crippen LogP contribution is 2.29. The molecule has 0 saturated carbocycles. The van der Waals surface area contributed by atoms with Crippen LogP contribution in [-0.2, 0) is 23.7 Å². The molecule has 2 N–H and O–H groups in total. The second-order valence-corrected chi connectivity index (χ2v) is 5.97. The summed E-state index contributed by atoms with van der Waals surface area (Å²) >= 11 is 0. The van der Waals surface area contributed by atoms with Gasteiger partial charge in [0.2, 0.25) is 15.8 Å². The van der Waals surface area contributed by atoms with E-state index >= 15 is 0 Å². The van der Waals surface area contributed by atoms with Crippen LogP contribution in [0.1, 0.15) is 17.0 Å². The van der Waals surface area contributed by atoms with Gasteiger partial charge in [0.1, 0.15) is 10.6 Å². The second kappa shape index (κ2) is 5.17. The Hall–Kier alpha value is -2.00. The predicted octanol–water partition coefficient (Wildman–Crippen LogP) is 0.0533. The van der Waals surface area contributed by atoms with E-state index < -0.39 is 10.0 Å². The number of hydrogen-bond donors (Lipinski definition) is 1. The summed E-state index contributed by atoms with van der Waals surface area (Å²) in [6.07, 6.45) is 0. The van der Waals surface area contributed by atoms with Gasteiger partial charge in [0.05, 0.1) is 7.05 Å². The molecule has 0 saturated heterocycles. The van der Waals surface area contributed by atoms with Crippen molar-refractivity contribution >= 4 is 10.0 Å². The van der Waals surface area contributed by atoms with E-state index in [2.05, 4.69) is 15.4 Å². The standard InChI is InChI=1S/C11H15N5O3S/c1-7-4-8(2)11(9(5-7)20(12,17)18)19-6-10-13-15-16(3)14-10/h4-5H,6H2,1-3H3,(H2,12,17,18). The maximum absolute atomic E-state index is 11.6. The molecule has 0 atom stereocenters. The molecule has 0 spiro atoms. The van der Waals surface area contributed by atoms with E-state index in [0.717, 1.165) is 5.56 Å². The smallest absolute Gasteiger partial charge is 0.241 e. The van der Waals surface area contributed by atoms with Gasteiger partial charge in [-0.1, -0.05) is 6.07 Å². The average molecular weight is 297 g/mol. The lowest BCUT2D eigenvalue weighted by molar-refractivity contribution is 0.285. The first-order chi connectivity index (χ1) is 9.27. The summed E-state index contributed by atoms with van der Waals surface area (Å²) in [5.41, 5.74) is 1.47. The van der Waals surface area contributed by atoms with Crippen molar-refractivity contribution < 1.29 is 13.2 Å². The number of sulfonamides is 1. The monoisotopic (exact) mass is 297 g/mol. The minimum absolute atomic E-state index is 0.0141. The highest BCUT2D eigenvalue weighted by Gasteiger charge is 2.18. The van der Waals surface area contributed by atoms with Crippen LogP contribution in [0.4, 0.5) is 0 Å². The van der Waals surface area contributed by atoms with Crippen molar-refractivity contribution in [1.82, 2.24) is 20.2 Å². The van der Waals surface area contributed by atoms with Gasteiger partial charge in [0.15, 0.2) is 6.61 Å². The van der Waals surface area contributed by atoms with Crippen LogP contribution in [-0.4, -0.2) is 28.6 Å². The summed E-state index contributed by atoms with van der Waals surface area (Å²) in [5, 5.41) is 16.6. The van der Waals surface area contributed by atoms with Gasteiger partial charge in [-0.25, -0.2) is 13.6 Å². The first-order valence-electron chi connectivity index (χ1n) is 5.77. The van der Waals surface area contributed by atoms with E-state index in [4.69, 9.17) is 9.88 Å². The highest BCUT2D eigenvalue weighted by atomic mass is 32.2. The van der Waals surface area contributed by atoms with Crippen LogP contribution in [0.25, 0.3) is 0 Å². The number of aryl methyl sites for hydroxylation is 3. The number of benzene rings is 1. The minimum Gasteiger partial charge on any atom is -0.484 e. The lowest BCUT2D eigenvalue weighted by atomic mass is 10.1. The molecule has 0 unspecified atom stereocenters. The fourth-order valence-electron chi connectivity index (χ4n) is 1.83. The zero-order chi connectivity index (χ0) is 14.9. The van der Waals surface area contributed by atoms with E-state index in [1.165, 1.54) is 10.9 Å². The molecule has 2 aromatic rings. The Morgan fingerprint density at radius 1 is 1.35 bits per heavy atom. The molecule has 0 aliphatic heterocycles. The van der Waals surface area contributed by atoms with Gasteiger partial charge in [-0.15, -0.1) is 10.2 Å². The van der Waals surface area contributed by atoms with Crippen molar-refractivity contribution in [2.45, 2.75) is 25.3 Å². The van der Waals surface area contributed by atoms with Crippen molar-refractivity contribution in [2.24, 2.45) is 12.2 Å². The molecule has 0 amide bonds. The molecule has 0 bridgehead atoms. The van der Waals surface area contributed by atoms with Crippen LogP contribution in [0.2, 0.25) is 0 Å². The Kier molecular flexibility index (Phi) is 3.73. The molecule has 20 heavy (non-hydrogen) atoms. The van der Waals surface area contributed by atoms with E-state index in [1.807, 2.05) is 6.07 Å². The van der Waals surface area contributed by atoms with Crippen molar-refractivity contribution in [3.05, 3.63) is 29.1 Å². The molecule has 0 aliphatic carbocycles. The van der Waals surface area contributed by atoms with E-state index in [1.54, 1.807) is 20.9 Å². The van der Waals surface area contributed by atoms with Gasteiger partial charge < -0.3 is 4.74 Å². The van der Waals surface area contributed by atoms with E-state index in [9.17, 15) is 8.42 Å². The number of tetrazole rings is 1. The Morgan fingerprint density at radius 3 is 2.60 bits per heavy atom. The molecule has 8 nitrogen and oxygen atoms in total. The third-order valence-electron chi connectivity index (χ3n) is 2.59. The Balaban J connectivity index is 2.35. The fraction of sp³-hybridized carbons (Fsp3) is 0.364. The molecule has 0 aliphatic rings. The quantitative estimate of drug-likeness (QED) is 0.853. The van der Waals surface area contributed by atoms with Gasteiger partial charge in [0.25, 0.3) is 0 Å². The number of ether oxygens (including phenoxy) is 1. The minimum atomic E-state index is -3.86. The van der Waals surface area contributed by atoms with Crippen LogP contribution in [0.5, 0.6) is 5.75 Å². The Bertz CT molecular complexity index is 739. The Labute approximate surface area is 116 Å². The van der Waals surface area contributed by atoms with Gasteiger partial charge in [-0.05, 0) is 36.3 Å². The maximum atomic E-state index is 11.6. The number of rotatable bonds is 4. The predicted molar refractivity (Wildman–Crippen MR) is 70.4 cm³/mol. The molecular formula is C11H15N5O3S. The third-order valence-corrected chi connectivity index (χ3v) is 3.50. The van der Waals surface area contributed by atoms with Crippen molar-refractivity contribution in [2.75, 3.05) is 0 Å². The maximum Gasteiger partial charge on any atom is 0.241 e. The third kappa shape index (κ3) is 3.11. The molecule has 0 fully saturated rings. The van der Waals surface area contributed by atoms with Crippen molar-refractivity contribution in [3.63, 3.8) is 0 Å². The lowest BCUT2D eigenvalue weighted by Crippen LogP contribution is -2.15. The molecule has 2 rings (SSSR count). The summed E-state index contributed by atoms with van der Waals surface area (Å²) in [6, 6.07) is 3.29. The van der Waals surface area contributed by atoms with Gasteiger partial charge >= 0.3 is 0 Å². The molecule has 108 valence electrons. The van der Waals surface area contributed by atoms with Crippen LogP contribution in [0.15, 0.2) is 17.0 Å². The summed E-state index contributed by atoms with van der Waals surface area (Å²) in [4.78, 5) is 1.25. The Morgan fingerprint density at radius 2 is 2.05 bits per heavy atom. The van der Waals surface area contributed by atoms with E-state index in [-0.39, 0.29) is 17.3 Å². The molecular weight excluding hydrogens is 282 g/mol. The van der Waals surface area contributed by atoms with Crippen LogP contribution in [0.3, 0.4) is 0 Å². The van der Waals surface area contributed by atoms with Crippen LogP contribution < -0.4 is 9.88 Å². The summed E-state index contributed by atoms with van der Waals surface area (Å²) in [5.74, 6) is 0.568. The molecule has 0 radical (unpaired) electrons. The zero-order valence-electron chi connectivity index (χ0n) is 11.4. The SMILES string of the molecule is Cc1cc(C)c(OCc2nnn(C)n2)c(S(N)(=O)=O)c1. The van der Waals surface area contributed by atoms with Crippen molar-refractivity contribution in [1.29, 1.82) is 0 Å². The zero-order valence-corrected chi connectivity index (χ0v) is 12.2. The molecule has 1 aromatic heterocycles. The van der Waals surface area contributed by atoms with Gasteiger partial charge in [-0.3, -0.25) is 0 Å². The summed E-state index contributed by atoms with van der Waals surface area (Å²) in [6.45, 7) is 3.55. The highest BCUT2D eigenvalue weighted by molar-refractivity contribution is 7.89. The van der Waals surface area contributed by atoms with Crippen LogP contribution >= 0.6 is 0 Å². The number of hydrogen-bond acceptors (Lipinski definition) is 6. The van der Waals surface area contributed by atoms with Crippen molar-refractivity contribution in [3.8, 4) is 5.75 Å². The fourth-order valence-corrected chi connectivity index (χ4v) is 2.66. The normalized spacial score (nSPS) is 11.6. The van der Waals surface area contributed by atoms with Gasteiger partial charge in [0, 0.05) is 0 Å². The first-order valence-corrected chi connectivity index (χ1v) is 7.31. The number of primary sulfonamides is 1. The largest absolute Gasteiger partial charge is 0.484 e. The second-order valence-electron chi connectivity index (χ2n) is 4.44. The average Bonchev–Trinajstić information content (AvgIpc) is 2.72.